The minimum Gasteiger partial charge on any atom is -0.345 e. The standard InChI is InChI=1S/C9H11NO2S/c1-6(11)7-4-13-5-8(7)9(12)10(2)3/h4-5H,1-3H3. The van der Waals surface area contributed by atoms with Crippen LogP contribution in [0.4, 0.5) is 0 Å². The molecule has 1 amide bonds. The molecule has 0 aromatic carbocycles. The van der Waals surface area contributed by atoms with E-state index in [0.29, 0.717) is 11.1 Å². The summed E-state index contributed by atoms with van der Waals surface area (Å²) in [4.78, 5) is 24.1. The number of ketones is 1. The van der Waals surface area contributed by atoms with E-state index in [2.05, 4.69) is 0 Å². The first-order valence-corrected chi connectivity index (χ1v) is 4.77. The summed E-state index contributed by atoms with van der Waals surface area (Å²) < 4.78 is 0. The molecule has 4 heteroatoms. The minimum atomic E-state index is -0.119. The van der Waals surface area contributed by atoms with Crippen molar-refractivity contribution in [2.24, 2.45) is 0 Å². The molecule has 0 aliphatic carbocycles. The van der Waals surface area contributed by atoms with Crippen LogP contribution in [0.15, 0.2) is 10.8 Å². The molecule has 1 heterocycles. The van der Waals surface area contributed by atoms with Gasteiger partial charge in [0.15, 0.2) is 5.78 Å². The fourth-order valence-electron chi connectivity index (χ4n) is 0.976. The molecular formula is C9H11NO2S. The van der Waals surface area contributed by atoms with E-state index >= 15 is 0 Å². The SMILES string of the molecule is CC(=O)c1cscc1C(=O)N(C)C. The highest BCUT2D eigenvalue weighted by molar-refractivity contribution is 7.08. The van der Waals surface area contributed by atoms with Crippen LogP contribution in [0.3, 0.4) is 0 Å². The lowest BCUT2D eigenvalue weighted by Gasteiger charge is -2.09. The number of amides is 1. The van der Waals surface area contributed by atoms with E-state index in [1.54, 1.807) is 24.9 Å². The van der Waals surface area contributed by atoms with E-state index in [4.69, 9.17) is 0 Å². The largest absolute Gasteiger partial charge is 0.345 e. The van der Waals surface area contributed by atoms with Crippen molar-refractivity contribution in [3.05, 3.63) is 21.9 Å². The van der Waals surface area contributed by atoms with E-state index in [1.807, 2.05) is 0 Å². The number of carbonyl (C=O) groups is 2. The van der Waals surface area contributed by atoms with Crippen LogP contribution >= 0.6 is 11.3 Å². The van der Waals surface area contributed by atoms with Crippen molar-refractivity contribution in [1.82, 2.24) is 4.90 Å². The molecular weight excluding hydrogens is 186 g/mol. The van der Waals surface area contributed by atoms with Crippen LogP contribution in [0, 0.1) is 0 Å². The first-order valence-electron chi connectivity index (χ1n) is 3.83. The van der Waals surface area contributed by atoms with Gasteiger partial charge in [0.2, 0.25) is 0 Å². The highest BCUT2D eigenvalue weighted by Gasteiger charge is 2.16. The van der Waals surface area contributed by atoms with E-state index in [-0.39, 0.29) is 11.7 Å². The van der Waals surface area contributed by atoms with Crippen molar-refractivity contribution < 1.29 is 9.59 Å². The van der Waals surface area contributed by atoms with Crippen LogP contribution in [0.5, 0.6) is 0 Å². The van der Waals surface area contributed by atoms with Gasteiger partial charge in [0, 0.05) is 30.4 Å². The molecule has 70 valence electrons. The maximum atomic E-state index is 11.5. The Morgan fingerprint density at radius 2 is 1.77 bits per heavy atom. The lowest BCUT2D eigenvalue weighted by atomic mass is 10.1. The molecule has 0 N–H and O–H groups in total. The van der Waals surface area contributed by atoms with Gasteiger partial charge in [0.1, 0.15) is 0 Å². The molecule has 0 aliphatic rings. The summed E-state index contributed by atoms with van der Waals surface area (Å²) >= 11 is 1.37. The van der Waals surface area contributed by atoms with Crippen molar-refractivity contribution in [3.63, 3.8) is 0 Å². The summed E-state index contributed by atoms with van der Waals surface area (Å²) in [6, 6.07) is 0. The highest BCUT2D eigenvalue weighted by Crippen LogP contribution is 2.16. The molecule has 0 saturated carbocycles. The second kappa shape index (κ2) is 3.70. The molecule has 0 aliphatic heterocycles. The molecule has 1 aromatic heterocycles. The van der Waals surface area contributed by atoms with Gasteiger partial charge in [-0.25, -0.2) is 0 Å². The van der Waals surface area contributed by atoms with Crippen molar-refractivity contribution in [1.29, 1.82) is 0 Å². The summed E-state index contributed by atoms with van der Waals surface area (Å²) in [5.41, 5.74) is 1.02. The maximum absolute atomic E-state index is 11.5. The molecule has 0 saturated heterocycles. The molecule has 13 heavy (non-hydrogen) atoms. The fraction of sp³-hybridized carbons (Fsp3) is 0.333. The quantitative estimate of drug-likeness (QED) is 0.676. The predicted molar refractivity (Wildman–Crippen MR) is 52.3 cm³/mol. The molecule has 0 atom stereocenters. The Kier molecular flexibility index (Phi) is 2.83. The molecule has 1 aromatic rings. The van der Waals surface area contributed by atoms with E-state index in [1.165, 1.54) is 23.2 Å². The minimum absolute atomic E-state index is 0.0635. The number of rotatable bonds is 2. The maximum Gasteiger partial charge on any atom is 0.254 e. The van der Waals surface area contributed by atoms with Crippen LogP contribution in [-0.2, 0) is 0 Å². The van der Waals surface area contributed by atoms with Crippen LogP contribution in [0.25, 0.3) is 0 Å². The lowest BCUT2D eigenvalue weighted by Crippen LogP contribution is -2.22. The molecule has 0 spiro atoms. The zero-order valence-electron chi connectivity index (χ0n) is 7.83. The summed E-state index contributed by atoms with van der Waals surface area (Å²) in [5, 5.41) is 3.41. The van der Waals surface area contributed by atoms with Crippen LogP contribution in [-0.4, -0.2) is 30.7 Å². The average Bonchev–Trinajstić information content (AvgIpc) is 2.50. The zero-order chi connectivity index (χ0) is 10.0. The normalized spacial score (nSPS) is 9.77. The Bertz CT molecular complexity index is 341. The van der Waals surface area contributed by atoms with Gasteiger partial charge >= 0.3 is 0 Å². The molecule has 0 radical (unpaired) electrons. The van der Waals surface area contributed by atoms with E-state index in [0.717, 1.165) is 0 Å². The average molecular weight is 197 g/mol. The monoisotopic (exact) mass is 197 g/mol. The van der Waals surface area contributed by atoms with Gasteiger partial charge in [0.05, 0.1) is 5.56 Å². The molecule has 0 fully saturated rings. The molecule has 0 unspecified atom stereocenters. The van der Waals surface area contributed by atoms with Gasteiger partial charge in [0.25, 0.3) is 5.91 Å². The molecule has 1 rings (SSSR count). The lowest BCUT2D eigenvalue weighted by molar-refractivity contribution is 0.0822. The van der Waals surface area contributed by atoms with Gasteiger partial charge in [-0.05, 0) is 6.92 Å². The topological polar surface area (TPSA) is 37.4 Å². The second-order valence-electron chi connectivity index (χ2n) is 2.95. The number of carbonyl (C=O) groups excluding carboxylic acids is 2. The Morgan fingerprint density at radius 3 is 2.23 bits per heavy atom. The smallest absolute Gasteiger partial charge is 0.254 e. The third-order valence-corrected chi connectivity index (χ3v) is 2.42. The first-order chi connectivity index (χ1) is 6.04. The number of thiophene rings is 1. The number of nitrogens with zero attached hydrogens (tertiary/aromatic N) is 1. The number of Topliss-reactive ketones (excluding diaryl/α,β-unsaturated/α-hetero) is 1. The third kappa shape index (κ3) is 1.95. The van der Waals surface area contributed by atoms with E-state index in [9.17, 15) is 9.59 Å². The van der Waals surface area contributed by atoms with Crippen molar-refractivity contribution in [2.45, 2.75) is 6.92 Å². The Balaban J connectivity index is 3.08. The summed E-state index contributed by atoms with van der Waals surface area (Å²) in [7, 11) is 3.34. The van der Waals surface area contributed by atoms with Crippen molar-refractivity contribution in [3.8, 4) is 0 Å². The number of hydrogen-bond donors (Lipinski definition) is 0. The second-order valence-corrected chi connectivity index (χ2v) is 3.70. The number of hydrogen-bond acceptors (Lipinski definition) is 3. The van der Waals surface area contributed by atoms with Gasteiger partial charge in [-0.3, -0.25) is 9.59 Å². The van der Waals surface area contributed by atoms with Gasteiger partial charge < -0.3 is 4.90 Å². The summed E-state index contributed by atoms with van der Waals surface area (Å²) in [6.07, 6.45) is 0. The first kappa shape index (κ1) is 9.92. The Labute approximate surface area is 81.0 Å². The molecule has 0 bridgehead atoms. The van der Waals surface area contributed by atoms with Crippen LogP contribution in [0.2, 0.25) is 0 Å². The Hall–Kier alpha value is -1.16. The van der Waals surface area contributed by atoms with Crippen molar-refractivity contribution >= 4 is 23.0 Å². The fourth-order valence-corrected chi connectivity index (χ4v) is 1.84. The van der Waals surface area contributed by atoms with E-state index < -0.39 is 0 Å². The van der Waals surface area contributed by atoms with Gasteiger partial charge in [-0.2, -0.15) is 11.3 Å². The Morgan fingerprint density at radius 1 is 1.23 bits per heavy atom. The van der Waals surface area contributed by atoms with Crippen LogP contribution in [0.1, 0.15) is 27.6 Å². The summed E-state index contributed by atoms with van der Waals surface area (Å²) in [6.45, 7) is 1.47. The predicted octanol–water partition coefficient (Wildman–Crippen LogP) is 1.65. The summed E-state index contributed by atoms with van der Waals surface area (Å²) in [5.74, 6) is -0.182. The third-order valence-electron chi connectivity index (χ3n) is 1.68. The van der Waals surface area contributed by atoms with Gasteiger partial charge in [-0.1, -0.05) is 0 Å². The van der Waals surface area contributed by atoms with Crippen LogP contribution < -0.4 is 0 Å². The highest BCUT2D eigenvalue weighted by atomic mass is 32.1. The molecule has 3 nitrogen and oxygen atoms in total. The van der Waals surface area contributed by atoms with Crippen molar-refractivity contribution in [2.75, 3.05) is 14.1 Å². The zero-order valence-corrected chi connectivity index (χ0v) is 8.64. The van der Waals surface area contributed by atoms with Gasteiger partial charge in [-0.15, -0.1) is 0 Å².